The standard InChI is InChI=1S/C16H24FN/c1-3-18-16(10-13-6-4-5-7-13)14-9-8-12(2)15(17)11-14/h8-9,11,13,16,18H,3-7,10H2,1-2H3. The Bertz CT molecular complexity index is 383. The molecule has 0 aliphatic heterocycles. The van der Waals surface area contributed by atoms with Gasteiger partial charge in [0.05, 0.1) is 0 Å². The Morgan fingerprint density at radius 1 is 1.33 bits per heavy atom. The molecular weight excluding hydrogens is 225 g/mol. The average molecular weight is 249 g/mol. The van der Waals surface area contributed by atoms with Crippen molar-refractivity contribution in [2.75, 3.05) is 6.54 Å². The first-order valence-electron chi connectivity index (χ1n) is 7.20. The average Bonchev–Trinajstić information content (AvgIpc) is 2.85. The van der Waals surface area contributed by atoms with E-state index in [2.05, 4.69) is 18.3 Å². The summed E-state index contributed by atoms with van der Waals surface area (Å²) in [5, 5.41) is 3.51. The zero-order valence-electron chi connectivity index (χ0n) is 11.5. The van der Waals surface area contributed by atoms with Crippen LogP contribution in [-0.2, 0) is 0 Å². The van der Waals surface area contributed by atoms with Crippen molar-refractivity contribution >= 4 is 0 Å². The van der Waals surface area contributed by atoms with Crippen LogP contribution in [0.3, 0.4) is 0 Å². The number of hydrogen-bond acceptors (Lipinski definition) is 1. The zero-order chi connectivity index (χ0) is 13.0. The van der Waals surface area contributed by atoms with E-state index in [-0.39, 0.29) is 5.82 Å². The van der Waals surface area contributed by atoms with Crippen LogP contribution in [0.25, 0.3) is 0 Å². The second-order valence-electron chi connectivity index (χ2n) is 5.51. The molecule has 1 N–H and O–H groups in total. The van der Waals surface area contributed by atoms with E-state index in [1.807, 2.05) is 13.0 Å². The van der Waals surface area contributed by atoms with Gasteiger partial charge in [0.2, 0.25) is 0 Å². The first kappa shape index (κ1) is 13.5. The van der Waals surface area contributed by atoms with E-state index < -0.39 is 0 Å². The molecular formula is C16H24FN. The minimum Gasteiger partial charge on any atom is -0.310 e. The third-order valence-electron chi connectivity index (χ3n) is 4.09. The Labute approximate surface area is 110 Å². The Hall–Kier alpha value is -0.890. The normalized spacial score (nSPS) is 18.2. The first-order valence-corrected chi connectivity index (χ1v) is 7.20. The number of nitrogens with one attached hydrogen (secondary N) is 1. The summed E-state index contributed by atoms with van der Waals surface area (Å²) in [6.07, 6.45) is 6.57. The van der Waals surface area contributed by atoms with Gasteiger partial charge in [-0.05, 0) is 43.0 Å². The molecule has 18 heavy (non-hydrogen) atoms. The highest BCUT2D eigenvalue weighted by atomic mass is 19.1. The van der Waals surface area contributed by atoms with Gasteiger partial charge in [0.25, 0.3) is 0 Å². The maximum absolute atomic E-state index is 13.7. The van der Waals surface area contributed by atoms with E-state index in [1.54, 1.807) is 6.07 Å². The SMILES string of the molecule is CCNC(CC1CCCC1)c1ccc(C)c(F)c1. The van der Waals surface area contributed by atoms with Crippen LogP contribution in [0.2, 0.25) is 0 Å². The Morgan fingerprint density at radius 2 is 2.06 bits per heavy atom. The fourth-order valence-electron chi connectivity index (χ4n) is 2.99. The molecule has 1 saturated carbocycles. The summed E-state index contributed by atoms with van der Waals surface area (Å²) in [4.78, 5) is 0. The highest BCUT2D eigenvalue weighted by Crippen LogP contribution is 2.33. The van der Waals surface area contributed by atoms with Gasteiger partial charge in [-0.25, -0.2) is 4.39 Å². The van der Waals surface area contributed by atoms with Gasteiger partial charge < -0.3 is 5.32 Å². The number of hydrogen-bond donors (Lipinski definition) is 1. The summed E-state index contributed by atoms with van der Waals surface area (Å²) >= 11 is 0. The number of rotatable bonds is 5. The lowest BCUT2D eigenvalue weighted by molar-refractivity contribution is 0.399. The van der Waals surface area contributed by atoms with Crippen molar-refractivity contribution in [1.29, 1.82) is 0 Å². The highest BCUT2D eigenvalue weighted by molar-refractivity contribution is 5.26. The lowest BCUT2D eigenvalue weighted by Crippen LogP contribution is -2.23. The van der Waals surface area contributed by atoms with Crippen LogP contribution >= 0.6 is 0 Å². The molecule has 0 bridgehead atoms. The van der Waals surface area contributed by atoms with Gasteiger partial charge in [-0.1, -0.05) is 44.7 Å². The molecule has 0 aromatic heterocycles. The quantitative estimate of drug-likeness (QED) is 0.817. The summed E-state index contributed by atoms with van der Waals surface area (Å²) in [6.45, 7) is 4.87. The molecule has 0 radical (unpaired) electrons. The van der Waals surface area contributed by atoms with Crippen molar-refractivity contribution in [3.05, 3.63) is 35.1 Å². The van der Waals surface area contributed by atoms with Crippen LogP contribution in [0.15, 0.2) is 18.2 Å². The lowest BCUT2D eigenvalue weighted by Gasteiger charge is -2.22. The molecule has 1 aliphatic rings. The molecule has 0 spiro atoms. The van der Waals surface area contributed by atoms with Crippen LogP contribution in [0.5, 0.6) is 0 Å². The van der Waals surface area contributed by atoms with Gasteiger partial charge in [-0.15, -0.1) is 0 Å². The highest BCUT2D eigenvalue weighted by Gasteiger charge is 2.21. The summed E-state index contributed by atoms with van der Waals surface area (Å²) < 4.78 is 13.7. The molecule has 1 aromatic carbocycles. The lowest BCUT2D eigenvalue weighted by atomic mass is 9.93. The number of benzene rings is 1. The molecule has 1 fully saturated rings. The minimum absolute atomic E-state index is 0.0816. The van der Waals surface area contributed by atoms with E-state index in [9.17, 15) is 4.39 Å². The molecule has 100 valence electrons. The third-order valence-corrected chi connectivity index (χ3v) is 4.09. The van der Waals surface area contributed by atoms with Gasteiger partial charge >= 0.3 is 0 Å². The fraction of sp³-hybridized carbons (Fsp3) is 0.625. The maximum atomic E-state index is 13.7. The Kier molecular flexibility index (Phi) is 4.76. The van der Waals surface area contributed by atoms with Crippen LogP contribution < -0.4 is 5.32 Å². The second-order valence-corrected chi connectivity index (χ2v) is 5.51. The van der Waals surface area contributed by atoms with Crippen molar-refractivity contribution in [3.8, 4) is 0 Å². The van der Waals surface area contributed by atoms with Crippen molar-refractivity contribution in [2.45, 2.75) is 52.0 Å². The molecule has 1 aromatic rings. The molecule has 2 rings (SSSR count). The van der Waals surface area contributed by atoms with E-state index >= 15 is 0 Å². The number of halogens is 1. The molecule has 2 heteroatoms. The third kappa shape index (κ3) is 3.32. The predicted molar refractivity (Wildman–Crippen MR) is 74.1 cm³/mol. The van der Waals surface area contributed by atoms with Crippen molar-refractivity contribution in [1.82, 2.24) is 5.32 Å². The van der Waals surface area contributed by atoms with Crippen LogP contribution in [-0.4, -0.2) is 6.54 Å². The first-order chi connectivity index (χ1) is 8.70. The second kappa shape index (κ2) is 6.33. The molecule has 0 saturated heterocycles. The maximum Gasteiger partial charge on any atom is 0.126 e. The largest absolute Gasteiger partial charge is 0.310 e. The molecule has 1 atom stereocenters. The van der Waals surface area contributed by atoms with Gasteiger partial charge in [0.15, 0.2) is 0 Å². The molecule has 0 amide bonds. The molecule has 1 nitrogen and oxygen atoms in total. The van der Waals surface area contributed by atoms with Crippen LogP contribution in [0, 0.1) is 18.7 Å². The van der Waals surface area contributed by atoms with E-state index in [0.717, 1.165) is 30.0 Å². The summed E-state index contributed by atoms with van der Waals surface area (Å²) in [5.74, 6) is 0.736. The molecule has 0 heterocycles. The van der Waals surface area contributed by atoms with Crippen molar-refractivity contribution < 1.29 is 4.39 Å². The topological polar surface area (TPSA) is 12.0 Å². The Morgan fingerprint density at radius 3 is 2.67 bits per heavy atom. The van der Waals surface area contributed by atoms with Gasteiger partial charge in [-0.3, -0.25) is 0 Å². The minimum atomic E-state index is -0.0816. The summed E-state index contributed by atoms with van der Waals surface area (Å²) in [7, 11) is 0. The zero-order valence-corrected chi connectivity index (χ0v) is 11.5. The monoisotopic (exact) mass is 249 g/mol. The van der Waals surface area contributed by atoms with Gasteiger partial charge in [0.1, 0.15) is 5.82 Å². The smallest absolute Gasteiger partial charge is 0.126 e. The fourth-order valence-corrected chi connectivity index (χ4v) is 2.99. The predicted octanol–water partition coefficient (Wildman–Crippen LogP) is 4.37. The molecule has 1 unspecified atom stereocenters. The van der Waals surface area contributed by atoms with E-state index in [0.29, 0.717) is 6.04 Å². The number of aryl methyl sites for hydroxylation is 1. The van der Waals surface area contributed by atoms with Crippen LogP contribution in [0.4, 0.5) is 4.39 Å². The van der Waals surface area contributed by atoms with Gasteiger partial charge in [-0.2, -0.15) is 0 Å². The van der Waals surface area contributed by atoms with Crippen LogP contribution in [0.1, 0.15) is 56.2 Å². The van der Waals surface area contributed by atoms with E-state index in [4.69, 9.17) is 0 Å². The van der Waals surface area contributed by atoms with Crippen molar-refractivity contribution in [2.24, 2.45) is 5.92 Å². The Balaban J connectivity index is 2.09. The summed E-state index contributed by atoms with van der Waals surface area (Å²) in [5.41, 5.74) is 1.83. The van der Waals surface area contributed by atoms with Crippen molar-refractivity contribution in [3.63, 3.8) is 0 Å². The van der Waals surface area contributed by atoms with E-state index in [1.165, 1.54) is 25.7 Å². The molecule has 1 aliphatic carbocycles. The van der Waals surface area contributed by atoms with Gasteiger partial charge in [0, 0.05) is 6.04 Å². The summed E-state index contributed by atoms with van der Waals surface area (Å²) in [6, 6.07) is 5.98.